The quantitative estimate of drug-likeness (QED) is 0.404. The molecule has 9 nitrogen and oxygen atoms in total. The first-order chi connectivity index (χ1) is 21.1. The standard InChI is InChI=1S/C35H41N5O4/c1-35(2,3)26-13-10-23(11-14-26)32(42)38-28-18-24(33(43)37-27-7-4-5-16-36-34(27)44)12-15-30(28)39-19-22-17-25(21-39)29-8-6-9-31(41)40(29)20-22/h6,8-15,18,22,25,27H,4-5,7,16-17,19-21H2,1-3H3,(H,36,44)(H,37,43)(H,38,42). The molecule has 2 saturated heterocycles. The van der Waals surface area contributed by atoms with Gasteiger partial charge in [-0.1, -0.05) is 39.0 Å². The average Bonchev–Trinajstić information content (AvgIpc) is 3.20. The molecule has 3 N–H and O–H groups in total. The van der Waals surface area contributed by atoms with Gasteiger partial charge in [0.15, 0.2) is 0 Å². The highest BCUT2D eigenvalue weighted by Gasteiger charge is 2.35. The first kappa shape index (κ1) is 29.7. The number of benzene rings is 2. The van der Waals surface area contributed by atoms with Gasteiger partial charge in [0, 0.05) is 55.0 Å². The van der Waals surface area contributed by atoms with E-state index in [1.807, 2.05) is 47.0 Å². The van der Waals surface area contributed by atoms with Crippen molar-refractivity contribution in [2.75, 3.05) is 29.9 Å². The van der Waals surface area contributed by atoms with E-state index in [9.17, 15) is 19.2 Å². The third-order valence-electron chi connectivity index (χ3n) is 9.18. The van der Waals surface area contributed by atoms with Crippen molar-refractivity contribution in [3.63, 3.8) is 0 Å². The van der Waals surface area contributed by atoms with E-state index in [0.717, 1.165) is 42.8 Å². The number of carbonyl (C=O) groups excluding carboxylic acids is 3. The van der Waals surface area contributed by atoms with Gasteiger partial charge in [0.05, 0.1) is 11.4 Å². The topological polar surface area (TPSA) is 113 Å². The fourth-order valence-electron chi connectivity index (χ4n) is 6.78. The summed E-state index contributed by atoms with van der Waals surface area (Å²) >= 11 is 0. The van der Waals surface area contributed by atoms with E-state index in [1.54, 1.807) is 18.2 Å². The summed E-state index contributed by atoms with van der Waals surface area (Å²) in [7, 11) is 0. The van der Waals surface area contributed by atoms with Crippen LogP contribution >= 0.6 is 0 Å². The molecule has 4 heterocycles. The Hall–Kier alpha value is -4.40. The number of amides is 3. The van der Waals surface area contributed by atoms with Crippen molar-refractivity contribution in [3.05, 3.63) is 93.4 Å². The zero-order chi connectivity index (χ0) is 31.0. The summed E-state index contributed by atoms with van der Waals surface area (Å²) < 4.78 is 1.90. The molecule has 3 atom stereocenters. The first-order valence-electron chi connectivity index (χ1n) is 15.7. The van der Waals surface area contributed by atoms with Gasteiger partial charge in [-0.05, 0) is 79.0 Å². The molecule has 0 spiro atoms. The summed E-state index contributed by atoms with van der Waals surface area (Å²) in [5, 5.41) is 8.86. The first-order valence-corrected chi connectivity index (χ1v) is 15.7. The van der Waals surface area contributed by atoms with Gasteiger partial charge < -0.3 is 25.4 Å². The van der Waals surface area contributed by atoms with Crippen LogP contribution in [-0.2, 0) is 16.8 Å². The van der Waals surface area contributed by atoms with Crippen LogP contribution in [0.15, 0.2) is 65.5 Å². The van der Waals surface area contributed by atoms with Gasteiger partial charge in [-0.2, -0.15) is 0 Å². The van der Waals surface area contributed by atoms with E-state index in [2.05, 4.69) is 41.6 Å². The number of hydrogen-bond donors (Lipinski definition) is 3. The Kier molecular flexibility index (Phi) is 8.05. The van der Waals surface area contributed by atoms with Gasteiger partial charge in [0.2, 0.25) is 5.91 Å². The molecule has 2 aromatic carbocycles. The minimum absolute atomic E-state index is 0.0335. The fourth-order valence-corrected chi connectivity index (χ4v) is 6.78. The maximum atomic E-state index is 13.6. The van der Waals surface area contributed by atoms with Gasteiger partial charge in [-0.15, -0.1) is 0 Å². The second kappa shape index (κ2) is 11.9. The summed E-state index contributed by atoms with van der Waals surface area (Å²) in [6.45, 7) is 9.09. The van der Waals surface area contributed by atoms with Crippen LogP contribution in [-0.4, -0.2) is 48.0 Å². The number of nitrogens with one attached hydrogen (secondary N) is 3. The minimum Gasteiger partial charge on any atom is -0.369 e. The number of hydrogen-bond acceptors (Lipinski definition) is 5. The monoisotopic (exact) mass is 595 g/mol. The van der Waals surface area contributed by atoms with Crippen molar-refractivity contribution in [3.8, 4) is 0 Å². The van der Waals surface area contributed by atoms with Crippen LogP contribution in [0.25, 0.3) is 0 Å². The molecule has 6 rings (SSSR count). The van der Waals surface area contributed by atoms with Crippen LogP contribution in [0.1, 0.15) is 84.3 Å². The Bertz CT molecular complexity index is 1640. The fraction of sp³-hybridized carbons (Fsp3) is 0.429. The highest BCUT2D eigenvalue weighted by atomic mass is 16.2. The van der Waals surface area contributed by atoms with Crippen molar-refractivity contribution in [2.24, 2.45) is 5.92 Å². The van der Waals surface area contributed by atoms with Crippen molar-refractivity contribution < 1.29 is 14.4 Å². The van der Waals surface area contributed by atoms with Crippen LogP contribution in [0, 0.1) is 5.92 Å². The third kappa shape index (κ3) is 6.14. The molecule has 3 aliphatic heterocycles. The second-order valence-electron chi connectivity index (χ2n) is 13.4. The number of nitrogens with zero attached hydrogens (tertiary/aromatic N) is 2. The Morgan fingerprint density at radius 3 is 2.43 bits per heavy atom. The van der Waals surface area contributed by atoms with E-state index < -0.39 is 6.04 Å². The van der Waals surface area contributed by atoms with E-state index in [0.29, 0.717) is 42.9 Å². The van der Waals surface area contributed by atoms with Gasteiger partial charge in [0.1, 0.15) is 6.04 Å². The van der Waals surface area contributed by atoms with Crippen LogP contribution in [0.5, 0.6) is 0 Å². The Morgan fingerprint density at radius 1 is 0.886 bits per heavy atom. The molecular weight excluding hydrogens is 554 g/mol. The smallest absolute Gasteiger partial charge is 0.255 e. The van der Waals surface area contributed by atoms with Gasteiger partial charge in [0.25, 0.3) is 17.4 Å². The minimum atomic E-state index is -0.589. The average molecular weight is 596 g/mol. The van der Waals surface area contributed by atoms with Crippen molar-refractivity contribution in [2.45, 2.75) is 70.4 Å². The molecule has 2 fully saturated rings. The molecular formula is C35H41N5O4. The maximum absolute atomic E-state index is 13.6. The Morgan fingerprint density at radius 2 is 1.66 bits per heavy atom. The molecule has 1 aromatic heterocycles. The van der Waals surface area contributed by atoms with E-state index in [-0.39, 0.29) is 40.5 Å². The maximum Gasteiger partial charge on any atom is 0.255 e. The van der Waals surface area contributed by atoms with Crippen LogP contribution < -0.4 is 26.4 Å². The van der Waals surface area contributed by atoms with Crippen molar-refractivity contribution in [1.29, 1.82) is 0 Å². The Labute approximate surface area is 258 Å². The largest absolute Gasteiger partial charge is 0.369 e. The highest BCUT2D eigenvalue weighted by Crippen LogP contribution is 2.39. The second-order valence-corrected chi connectivity index (χ2v) is 13.4. The number of piperidine rings is 1. The summed E-state index contributed by atoms with van der Waals surface area (Å²) in [6.07, 6.45) is 3.33. The summed E-state index contributed by atoms with van der Waals surface area (Å²) in [5.74, 6) is -0.318. The molecule has 0 radical (unpaired) electrons. The lowest BCUT2D eigenvalue weighted by Gasteiger charge is -2.44. The number of rotatable bonds is 5. The summed E-state index contributed by atoms with van der Waals surface area (Å²) in [4.78, 5) is 54.2. The molecule has 230 valence electrons. The number of pyridine rings is 1. The number of carbonyl (C=O) groups is 3. The number of fused-ring (bicyclic) bond motifs is 4. The molecule has 0 saturated carbocycles. The molecule has 0 aliphatic carbocycles. The summed E-state index contributed by atoms with van der Waals surface area (Å²) in [6, 6.07) is 17.9. The lowest BCUT2D eigenvalue weighted by atomic mass is 9.83. The molecule has 3 aliphatic rings. The zero-order valence-electron chi connectivity index (χ0n) is 25.7. The molecule has 3 amide bonds. The van der Waals surface area contributed by atoms with E-state index >= 15 is 0 Å². The number of anilines is 2. The lowest BCUT2D eigenvalue weighted by molar-refractivity contribution is -0.122. The van der Waals surface area contributed by atoms with Crippen molar-refractivity contribution in [1.82, 2.24) is 15.2 Å². The normalized spacial score (nSPS) is 21.5. The SMILES string of the molecule is CC(C)(C)c1ccc(C(=O)Nc2cc(C(=O)NC3CCCCNC3=O)ccc2N2CC3CC(C2)c2cccc(=O)n2C3)cc1. The lowest BCUT2D eigenvalue weighted by Crippen LogP contribution is -2.47. The predicted molar refractivity (Wildman–Crippen MR) is 171 cm³/mol. The molecule has 2 bridgehead atoms. The highest BCUT2D eigenvalue weighted by molar-refractivity contribution is 6.07. The van der Waals surface area contributed by atoms with Gasteiger partial charge in [-0.3, -0.25) is 19.2 Å². The van der Waals surface area contributed by atoms with E-state index in [4.69, 9.17) is 0 Å². The van der Waals surface area contributed by atoms with Crippen LogP contribution in [0.3, 0.4) is 0 Å². The van der Waals surface area contributed by atoms with Gasteiger partial charge in [-0.25, -0.2) is 0 Å². The molecule has 9 heteroatoms. The predicted octanol–water partition coefficient (Wildman–Crippen LogP) is 4.42. The van der Waals surface area contributed by atoms with Gasteiger partial charge >= 0.3 is 0 Å². The summed E-state index contributed by atoms with van der Waals surface area (Å²) in [5.41, 5.74) is 4.45. The molecule has 44 heavy (non-hydrogen) atoms. The van der Waals surface area contributed by atoms with Crippen LogP contribution in [0.4, 0.5) is 11.4 Å². The zero-order valence-corrected chi connectivity index (χ0v) is 25.7. The van der Waals surface area contributed by atoms with Crippen LogP contribution in [0.2, 0.25) is 0 Å². The third-order valence-corrected chi connectivity index (χ3v) is 9.18. The Balaban J connectivity index is 1.30. The number of aromatic nitrogens is 1. The molecule has 3 unspecified atom stereocenters. The van der Waals surface area contributed by atoms with E-state index in [1.165, 1.54) is 0 Å². The van der Waals surface area contributed by atoms with Crippen molar-refractivity contribution >= 4 is 29.1 Å². The molecule has 3 aromatic rings.